The van der Waals surface area contributed by atoms with Gasteiger partial charge in [0.05, 0.1) is 27.1 Å². The van der Waals surface area contributed by atoms with Crippen LogP contribution in [0, 0.1) is 0 Å². The van der Waals surface area contributed by atoms with Crippen LogP contribution in [0.15, 0.2) is 54.6 Å². The summed E-state index contributed by atoms with van der Waals surface area (Å²) in [5, 5.41) is 0. The summed E-state index contributed by atoms with van der Waals surface area (Å²) in [5.74, 6) is -0.117. The SMILES string of the molecule is COC(=O)Cc1cc(CC(=O)OC)cc(OC/C=C/c2ccccc2)c1. The molecule has 0 aromatic heterocycles. The van der Waals surface area contributed by atoms with Crippen LogP contribution in [0.25, 0.3) is 6.08 Å². The van der Waals surface area contributed by atoms with Crippen LogP contribution in [0.3, 0.4) is 0 Å². The molecule has 2 aromatic carbocycles. The maximum Gasteiger partial charge on any atom is 0.309 e. The van der Waals surface area contributed by atoms with Crippen LogP contribution in [0.2, 0.25) is 0 Å². The van der Waals surface area contributed by atoms with E-state index in [0.29, 0.717) is 12.4 Å². The number of rotatable bonds is 8. The van der Waals surface area contributed by atoms with E-state index in [2.05, 4.69) is 0 Å². The quantitative estimate of drug-likeness (QED) is 0.681. The van der Waals surface area contributed by atoms with Crippen LogP contribution in [-0.4, -0.2) is 32.8 Å². The largest absolute Gasteiger partial charge is 0.490 e. The van der Waals surface area contributed by atoms with Gasteiger partial charge in [0.25, 0.3) is 0 Å². The zero-order valence-electron chi connectivity index (χ0n) is 14.9. The molecule has 0 N–H and O–H groups in total. The third-order valence-electron chi connectivity index (χ3n) is 3.63. The minimum Gasteiger partial charge on any atom is -0.490 e. The van der Waals surface area contributed by atoms with Gasteiger partial charge in [0, 0.05) is 0 Å². The van der Waals surface area contributed by atoms with Crippen molar-refractivity contribution in [1.82, 2.24) is 0 Å². The Balaban J connectivity index is 2.08. The second-order valence-electron chi connectivity index (χ2n) is 5.62. The first-order valence-corrected chi connectivity index (χ1v) is 8.21. The summed E-state index contributed by atoms with van der Waals surface area (Å²) in [4.78, 5) is 23.1. The lowest BCUT2D eigenvalue weighted by molar-refractivity contribution is -0.140. The van der Waals surface area contributed by atoms with Crippen molar-refractivity contribution in [2.24, 2.45) is 0 Å². The zero-order valence-corrected chi connectivity index (χ0v) is 14.9. The molecule has 0 saturated heterocycles. The summed E-state index contributed by atoms with van der Waals surface area (Å²) in [6.45, 7) is 0.369. The van der Waals surface area contributed by atoms with Crippen molar-refractivity contribution in [3.05, 3.63) is 71.3 Å². The Morgan fingerprint density at radius 2 is 1.46 bits per heavy atom. The molecule has 0 atom stereocenters. The molecule has 0 unspecified atom stereocenters. The number of benzene rings is 2. The van der Waals surface area contributed by atoms with E-state index in [1.807, 2.05) is 42.5 Å². The first-order valence-electron chi connectivity index (χ1n) is 8.21. The summed E-state index contributed by atoms with van der Waals surface area (Å²) < 4.78 is 15.2. The van der Waals surface area contributed by atoms with Crippen LogP contribution in [-0.2, 0) is 31.9 Å². The van der Waals surface area contributed by atoms with Gasteiger partial charge in [0.15, 0.2) is 0 Å². The molecule has 26 heavy (non-hydrogen) atoms. The monoisotopic (exact) mass is 354 g/mol. The van der Waals surface area contributed by atoms with Crippen LogP contribution in [0.5, 0.6) is 5.75 Å². The van der Waals surface area contributed by atoms with Gasteiger partial charge in [-0.2, -0.15) is 0 Å². The molecule has 0 aliphatic rings. The summed E-state index contributed by atoms with van der Waals surface area (Å²) in [6, 6.07) is 15.2. The number of ether oxygens (including phenoxy) is 3. The minimum absolute atomic E-state index is 0.113. The molecular weight excluding hydrogens is 332 g/mol. The van der Waals surface area contributed by atoms with Gasteiger partial charge in [-0.15, -0.1) is 0 Å². The van der Waals surface area contributed by atoms with E-state index in [1.54, 1.807) is 18.2 Å². The van der Waals surface area contributed by atoms with Gasteiger partial charge in [-0.05, 0) is 34.9 Å². The fourth-order valence-corrected chi connectivity index (χ4v) is 2.39. The summed E-state index contributed by atoms with van der Waals surface area (Å²) in [7, 11) is 2.68. The lowest BCUT2D eigenvalue weighted by atomic mass is 10.1. The Bertz CT molecular complexity index is 729. The fraction of sp³-hybridized carbons (Fsp3) is 0.238. The Kier molecular flexibility index (Phi) is 7.43. The first-order chi connectivity index (χ1) is 12.6. The van der Waals surface area contributed by atoms with Gasteiger partial charge in [0.2, 0.25) is 0 Å². The molecule has 0 heterocycles. The van der Waals surface area contributed by atoms with Crippen molar-refractivity contribution >= 4 is 18.0 Å². The lowest BCUT2D eigenvalue weighted by Crippen LogP contribution is -2.08. The molecule has 0 aliphatic carbocycles. The van der Waals surface area contributed by atoms with Gasteiger partial charge in [-0.1, -0.05) is 42.5 Å². The van der Waals surface area contributed by atoms with E-state index < -0.39 is 0 Å². The van der Waals surface area contributed by atoms with Gasteiger partial charge in [-0.3, -0.25) is 9.59 Å². The van der Waals surface area contributed by atoms with Crippen molar-refractivity contribution < 1.29 is 23.8 Å². The van der Waals surface area contributed by atoms with Crippen LogP contribution in [0.1, 0.15) is 16.7 Å². The van der Waals surface area contributed by atoms with Crippen molar-refractivity contribution in [1.29, 1.82) is 0 Å². The molecule has 0 bridgehead atoms. The predicted octanol–water partition coefficient (Wildman–Crippen LogP) is 3.21. The highest BCUT2D eigenvalue weighted by Gasteiger charge is 2.10. The molecule has 0 aliphatic heterocycles. The van der Waals surface area contributed by atoms with E-state index in [4.69, 9.17) is 14.2 Å². The zero-order chi connectivity index (χ0) is 18.8. The van der Waals surface area contributed by atoms with Crippen molar-refractivity contribution in [3.8, 4) is 5.75 Å². The predicted molar refractivity (Wildman–Crippen MR) is 98.9 cm³/mol. The highest BCUT2D eigenvalue weighted by molar-refractivity contribution is 5.74. The highest BCUT2D eigenvalue weighted by atomic mass is 16.5. The van der Waals surface area contributed by atoms with E-state index in [0.717, 1.165) is 16.7 Å². The summed E-state index contributed by atoms with van der Waals surface area (Å²) in [6.07, 6.45) is 4.10. The molecule has 0 amide bonds. The average molecular weight is 354 g/mol. The Morgan fingerprint density at radius 1 is 0.885 bits per heavy atom. The number of hydrogen-bond donors (Lipinski definition) is 0. The smallest absolute Gasteiger partial charge is 0.309 e. The maximum absolute atomic E-state index is 11.5. The van der Waals surface area contributed by atoms with Crippen molar-refractivity contribution in [2.75, 3.05) is 20.8 Å². The maximum atomic E-state index is 11.5. The Labute approximate surface area is 153 Å². The first kappa shape index (κ1) is 19.2. The molecule has 2 rings (SSSR count). The van der Waals surface area contributed by atoms with Crippen LogP contribution >= 0.6 is 0 Å². The van der Waals surface area contributed by atoms with Gasteiger partial charge < -0.3 is 14.2 Å². The van der Waals surface area contributed by atoms with Crippen molar-refractivity contribution in [3.63, 3.8) is 0 Å². The van der Waals surface area contributed by atoms with Gasteiger partial charge >= 0.3 is 11.9 Å². The van der Waals surface area contributed by atoms with Crippen LogP contribution < -0.4 is 4.74 Å². The molecule has 136 valence electrons. The average Bonchev–Trinajstić information content (AvgIpc) is 2.65. The fourth-order valence-electron chi connectivity index (χ4n) is 2.39. The number of hydrogen-bond acceptors (Lipinski definition) is 5. The van der Waals surface area contributed by atoms with Gasteiger partial charge in [-0.25, -0.2) is 0 Å². The number of esters is 2. The summed E-state index contributed by atoms with van der Waals surface area (Å²) >= 11 is 0. The molecular formula is C21H22O5. The molecule has 2 aromatic rings. The van der Waals surface area contributed by atoms with Crippen LogP contribution in [0.4, 0.5) is 0 Å². The molecule has 0 spiro atoms. The topological polar surface area (TPSA) is 61.8 Å². The minimum atomic E-state index is -0.352. The second kappa shape index (κ2) is 10.0. The normalized spacial score (nSPS) is 10.5. The molecule has 5 nitrogen and oxygen atoms in total. The molecule has 0 saturated carbocycles. The van der Waals surface area contributed by atoms with Crippen molar-refractivity contribution in [2.45, 2.75) is 12.8 Å². The molecule has 5 heteroatoms. The summed E-state index contributed by atoms with van der Waals surface area (Å²) in [5.41, 5.74) is 2.53. The standard InChI is InChI=1S/C21H22O5/c1-24-20(22)14-17-11-18(15-21(23)25-2)13-19(12-17)26-10-6-9-16-7-4-3-5-8-16/h3-9,11-13H,10,14-15H2,1-2H3/b9-6+. The number of carbonyl (C=O) groups excluding carboxylic acids is 2. The molecule has 0 fully saturated rings. The van der Waals surface area contributed by atoms with E-state index in [1.165, 1.54) is 14.2 Å². The third kappa shape index (κ3) is 6.43. The third-order valence-corrected chi connectivity index (χ3v) is 3.63. The van der Waals surface area contributed by atoms with E-state index in [-0.39, 0.29) is 24.8 Å². The Hall–Kier alpha value is -3.08. The van der Waals surface area contributed by atoms with E-state index >= 15 is 0 Å². The molecule has 0 radical (unpaired) electrons. The Morgan fingerprint density at radius 3 is 2.00 bits per heavy atom. The highest BCUT2D eigenvalue weighted by Crippen LogP contribution is 2.19. The number of carbonyl (C=O) groups is 2. The lowest BCUT2D eigenvalue weighted by Gasteiger charge is -2.10. The second-order valence-corrected chi connectivity index (χ2v) is 5.62. The van der Waals surface area contributed by atoms with Gasteiger partial charge in [0.1, 0.15) is 12.4 Å². The van der Waals surface area contributed by atoms with E-state index in [9.17, 15) is 9.59 Å². The number of methoxy groups -OCH3 is 2.